The van der Waals surface area contributed by atoms with Crippen molar-refractivity contribution in [2.75, 3.05) is 25.9 Å². The molecule has 2 aromatic rings. The highest BCUT2D eigenvalue weighted by Crippen LogP contribution is 2.25. The van der Waals surface area contributed by atoms with Gasteiger partial charge in [0.1, 0.15) is 6.54 Å². The van der Waals surface area contributed by atoms with Crippen molar-refractivity contribution in [3.8, 4) is 5.69 Å². The first-order valence-electron chi connectivity index (χ1n) is 9.56. The number of alkyl halides is 3. The second-order valence-corrected chi connectivity index (χ2v) is 9.40. The number of sulfonamides is 1. The number of carbonyl (C=O) groups excluding carboxylic acids is 1. The highest BCUT2D eigenvalue weighted by molar-refractivity contribution is 7.88. The fourth-order valence-corrected chi connectivity index (χ4v) is 4.81. The molecule has 0 bridgehead atoms. The third kappa shape index (κ3) is 5.85. The number of hydrogen-bond acceptors (Lipinski definition) is 3. The maximum absolute atomic E-state index is 12.8. The maximum atomic E-state index is 12.8. The van der Waals surface area contributed by atoms with Crippen molar-refractivity contribution in [1.82, 2.24) is 13.8 Å². The zero-order chi connectivity index (χ0) is 21.9. The molecule has 2 heterocycles. The van der Waals surface area contributed by atoms with Crippen LogP contribution in [0.25, 0.3) is 5.69 Å². The van der Waals surface area contributed by atoms with Crippen LogP contribution in [0.5, 0.6) is 0 Å². The van der Waals surface area contributed by atoms with Crippen LogP contribution >= 0.6 is 0 Å². The summed E-state index contributed by atoms with van der Waals surface area (Å²) in [5.41, 5.74) is 1.82. The van der Waals surface area contributed by atoms with Gasteiger partial charge in [-0.15, -0.1) is 0 Å². The summed E-state index contributed by atoms with van der Waals surface area (Å²) in [4.78, 5) is 14.2. The summed E-state index contributed by atoms with van der Waals surface area (Å²) in [6.07, 6.45) is 0.570. The van der Waals surface area contributed by atoms with Gasteiger partial charge in [0, 0.05) is 37.2 Å². The molecule has 0 unspecified atom stereocenters. The Morgan fingerprint density at radius 3 is 2.17 bits per heavy atom. The lowest BCUT2D eigenvalue weighted by Crippen LogP contribution is -2.51. The van der Waals surface area contributed by atoms with Crippen molar-refractivity contribution in [3.05, 3.63) is 54.4 Å². The molecule has 0 saturated carbocycles. The molecule has 1 saturated heterocycles. The van der Waals surface area contributed by atoms with Gasteiger partial charge in [-0.25, -0.2) is 8.42 Å². The number of rotatable bonds is 6. The topological polar surface area (TPSA) is 62.6 Å². The standard InChI is InChI=1S/C20H24F3N3O3S/c1-30(28,29)26(15-20(21,22)23)18-8-12-25(13-9-18)19(27)14-16-4-6-17(7-5-16)24-10-2-3-11-24/h2-7,10-11,18H,8-9,12-15H2,1H3. The van der Waals surface area contributed by atoms with E-state index in [1.165, 1.54) is 0 Å². The van der Waals surface area contributed by atoms with Crippen LogP contribution in [-0.4, -0.2) is 66.2 Å². The largest absolute Gasteiger partial charge is 0.402 e. The number of halogens is 3. The molecule has 3 rings (SSSR count). The third-order valence-corrected chi connectivity index (χ3v) is 6.46. The minimum absolute atomic E-state index is 0.121. The first-order valence-corrected chi connectivity index (χ1v) is 11.4. The first-order chi connectivity index (χ1) is 14.0. The number of aromatic nitrogens is 1. The number of hydrogen-bond donors (Lipinski definition) is 0. The Morgan fingerprint density at radius 2 is 1.67 bits per heavy atom. The predicted octanol–water partition coefficient (Wildman–Crippen LogP) is 2.83. The smallest absolute Gasteiger partial charge is 0.342 e. The fourth-order valence-electron chi connectivity index (χ4n) is 3.68. The van der Waals surface area contributed by atoms with E-state index in [0.717, 1.165) is 17.5 Å². The molecule has 1 aliphatic heterocycles. The molecule has 164 valence electrons. The highest BCUT2D eigenvalue weighted by Gasteiger charge is 2.39. The van der Waals surface area contributed by atoms with Gasteiger partial charge in [0.15, 0.2) is 0 Å². The Morgan fingerprint density at radius 1 is 1.10 bits per heavy atom. The maximum Gasteiger partial charge on any atom is 0.402 e. The van der Waals surface area contributed by atoms with Crippen LogP contribution in [0.4, 0.5) is 13.2 Å². The lowest BCUT2D eigenvalue weighted by atomic mass is 10.0. The van der Waals surface area contributed by atoms with E-state index < -0.39 is 28.8 Å². The van der Waals surface area contributed by atoms with E-state index >= 15 is 0 Å². The van der Waals surface area contributed by atoms with E-state index in [1.807, 2.05) is 53.4 Å². The monoisotopic (exact) mass is 443 g/mol. The van der Waals surface area contributed by atoms with Crippen molar-refractivity contribution < 1.29 is 26.4 Å². The number of likely N-dealkylation sites (tertiary alicyclic amines) is 1. The summed E-state index contributed by atoms with van der Waals surface area (Å²) in [6.45, 7) is -1.04. The molecule has 30 heavy (non-hydrogen) atoms. The SMILES string of the molecule is CS(=O)(=O)N(CC(F)(F)F)C1CCN(C(=O)Cc2ccc(-n3cccc3)cc2)CC1. The second-order valence-electron chi connectivity index (χ2n) is 7.47. The second kappa shape index (κ2) is 8.81. The van der Waals surface area contributed by atoms with Gasteiger partial charge in [-0.3, -0.25) is 4.79 Å². The van der Waals surface area contributed by atoms with Crippen LogP contribution in [0, 0.1) is 0 Å². The molecule has 1 aliphatic rings. The number of amides is 1. The number of nitrogens with zero attached hydrogens (tertiary/aromatic N) is 3. The van der Waals surface area contributed by atoms with E-state index in [9.17, 15) is 26.4 Å². The van der Waals surface area contributed by atoms with E-state index in [2.05, 4.69) is 0 Å². The van der Waals surface area contributed by atoms with Crippen LogP contribution in [-0.2, 0) is 21.2 Å². The molecule has 0 radical (unpaired) electrons. The van der Waals surface area contributed by atoms with E-state index in [4.69, 9.17) is 0 Å². The first kappa shape index (κ1) is 22.4. The van der Waals surface area contributed by atoms with Crippen molar-refractivity contribution in [2.45, 2.75) is 31.5 Å². The number of piperidine rings is 1. The molecule has 1 fully saturated rings. The van der Waals surface area contributed by atoms with Crippen LogP contribution in [0.2, 0.25) is 0 Å². The minimum Gasteiger partial charge on any atom is -0.342 e. The van der Waals surface area contributed by atoms with Gasteiger partial charge in [-0.2, -0.15) is 17.5 Å². The van der Waals surface area contributed by atoms with Gasteiger partial charge in [0.2, 0.25) is 15.9 Å². The van der Waals surface area contributed by atoms with Crippen LogP contribution in [0.1, 0.15) is 18.4 Å². The quantitative estimate of drug-likeness (QED) is 0.690. The average Bonchev–Trinajstić information content (AvgIpc) is 3.20. The molecular formula is C20H24F3N3O3S. The zero-order valence-electron chi connectivity index (χ0n) is 16.5. The van der Waals surface area contributed by atoms with Gasteiger partial charge < -0.3 is 9.47 Å². The van der Waals surface area contributed by atoms with Gasteiger partial charge in [-0.1, -0.05) is 12.1 Å². The van der Waals surface area contributed by atoms with Crippen molar-refractivity contribution in [1.29, 1.82) is 0 Å². The Balaban J connectivity index is 1.57. The molecule has 0 aliphatic carbocycles. The zero-order valence-corrected chi connectivity index (χ0v) is 17.4. The molecule has 1 amide bonds. The van der Waals surface area contributed by atoms with Crippen LogP contribution < -0.4 is 0 Å². The van der Waals surface area contributed by atoms with Crippen LogP contribution in [0.3, 0.4) is 0 Å². The van der Waals surface area contributed by atoms with Crippen molar-refractivity contribution >= 4 is 15.9 Å². The van der Waals surface area contributed by atoms with E-state index in [1.54, 1.807) is 4.90 Å². The lowest BCUT2D eigenvalue weighted by Gasteiger charge is -2.37. The Kier molecular flexibility index (Phi) is 6.56. The Bertz CT molecular complexity index is 949. The lowest BCUT2D eigenvalue weighted by molar-refractivity contribution is -0.142. The van der Waals surface area contributed by atoms with E-state index in [0.29, 0.717) is 4.31 Å². The third-order valence-electron chi connectivity index (χ3n) is 5.18. The summed E-state index contributed by atoms with van der Waals surface area (Å²) in [6, 6.07) is 10.6. The van der Waals surface area contributed by atoms with Gasteiger partial charge in [-0.05, 0) is 42.7 Å². The molecular weight excluding hydrogens is 419 g/mol. The minimum atomic E-state index is -4.61. The molecule has 1 aromatic carbocycles. The molecule has 0 spiro atoms. The summed E-state index contributed by atoms with van der Waals surface area (Å²) in [5, 5.41) is 0. The molecule has 0 atom stereocenters. The summed E-state index contributed by atoms with van der Waals surface area (Å²) >= 11 is 0. The van der Waals surface area contributed by atoms with Crippen molar-refractivity contribution in [3.63, 3.8) is 0 Å². The number of benzene rings is 1. The van der Waals surface area contributed by atoms with Crippen molar-refractivity contribution in [2.24, 2.45) is 0 Å². The number of carbonyl (C=O) groups is 1. The van der Waals surface area contributed by atoms with Crippen LogP contribution in [0.15, 0.2) is 48.8 Å². The normalized spacial score (nSPS) is 16.2. The van der Waals surface area contributed by atoms with Gasteiger partial charge in [0.05, 0.1) is 12.7 Å². The predicted molar refractivity (Wildman–Crippen MR) is 107 cm³/mol. The average molecular weight is 443 g/mol. The molecule has 0 N–H and O–H groups in total. The summed E-state index contributed by atoms with van der Waals surface area (Å²) in [5.74, 6) is -0.121. The summed E-state index contributed by atoms with van der Waals surface area (Å²) in [7, 11) is -4.00. The van der Waals surface area contributed by atoms with E-state index in [-0.39, 0.29) is 38.3 Å². The molecule has 6 nitrogen and oxygen atoms in total. The highest BCUT2D eigenvalue weighted by atomic mass is 32.2. The molecule has 1 aromatic heterocycles. The fraction of sp³-hybridized carbons (Fsp3) is 0.450. The Hall–Kier alpha value is -2.33. The Labute approximate surface area is 173 Å². The molecule has 10 heteroatoms. The van der Waals surface area contributed by atoms with Gasteiger partial charge >= 0.3 is 6.18 Å². The summed E-state index contributed by atoms with van der Waals surface area (Å²) < 4.78 is 64.5. The van der Waals surface area contributed by atoms with Gasteiger partial charge in [0.25, 0.3) is 0 Å².